The first kappa shape index (κ1) is 11.5. The van der Waals surface area contributed by atoms with Gasteiger partial charge in [0.25, 0.3) is 0 Å². The Hall–Kier alpha value is -0.610. The number of carbonyl (C=O) groups is 1. The van der Waals surface area contributed by atoms with E-state index in [4.69, 9.17) is 0 Å². The van der Waals surface area contributed by atoms with Crippen molar-refractivity contribution in [2.24, 2.45) is 5.92 Å². The Morgan fingerprint density at radius 2 is 2.21 bits per heavy atom. The van der Waals surface area contributed by atoms with Crippen molar-refractivity contribution in [3.05, 3.63) is 0 Å². The molecule has 0 aromatic carbocycles. The number of hydrogen-bond acceptors (Lipinski definition) is 4. The van der Waals surface area contributed by atoms with Gasteiger partial charge in [0, 0.05) is 13.1 Å². The summed E-state index contributed by atoms with van der Waals surface area (Å²) < 4.78 is 4.52. The number of aliphatic hydroxyl groups is 1. The number of ether oxygens (including phenoxy) is 1. The molecule has 1 N–H and O–H groups in total. The Labute approximate surface area is 84.8 Å². The molecule has 1 aliphatic carbocycles. The molecule has 1 fully saturated rings. The molecule has 4 nitrogen and oxygen atoms in total. The summed E-state index contributed by atoms with van der Waals surface area (Å²) in [5.74, 6) is 0.189. The highest BCUT2D eigenvalue weighted by Crippen LogP contribution is 2.29. The van der Waals surface area contributed by atoms with Crippen molar-refractivity contribution >= 4 is 5.97 Å². The van der Waals surface area contributed by atoms with Crippen molar-refractivity contribution in [1.82, 2.24) is 4.90 Å². The van der Waals surface area contributed by atoms with Gasteiger partial charge in [-0.15, -0.1) is 0 Å². The number of likely N-dealkylation sites (N-methyl/N-ethyl adjacent to an activating group) is 1. The van der Waals surface area contributed by atoms with Crippen LogP contribution in [-0.4, -0.2) is 48.8 Å². The van der Waals surface area contributed by atoms with Crippen LogP contribution in [0.1, 0.15) is 19.8 Å². The van der Waals surface area contributed by atoms with Crippen LogP contribution in [0.15, 0.2) is 0 Å². The third kappa shape index (κ3) is 3.27. The van der Waals surface area contributed by atoms with Crippen LogP contribution in [0.3, 0.4) is 0 Å². The molecule has 1 rings (SSSR count). The second kappa shape index (κ2) is 4.28. The number of carbonyl (C=O) groups excluding carboxylic acids is 1. The molecular weight excluding hydrogens is 182 g/mol. The molecule has 82 valence electrons. The number of rotatable bonds is 5. The van der Waals surface area contributed by atoms with Crippen molar-refractivity contribution in [2.45, 2.75) is 25.4 Å². The topological polar surface area (TPSA) is 49.8 Å². The van der Waals surface area contributed by atoms with Gasteiger partial charge in [0.05, 0.1) is 7.11 Å². The largest absolute Gasteiger partial charge is 0.467 e. The molecule has 0 amide bonds. The van der Waals surface area contributed by atoms with Crippen LogP contribution < -0.4 is 0 Å². The summed E-state index contributed by atoms with van der Waals surface area (Å²) in [7, 11) is 3.20. The van der Waals surface area contributed by atoms with Crippen LogP contribution in [0.25, 0.3) is 0 Å². The predicted octanol–water partition coefficient (Wildman–Crippen LogP) is 0.252. The second-order valence-electron chi connectivity index (χ2n) is 4.41. The quantitative estimate of drug-likeness (QED) is 0.648. The standard InChI is InChI=1S/C10H19NO3/c1-10(13,9(12)14-3)7-11(2)6-8-4-5-8/h8,13H,4-7H2,1-3H3. The lowest BCUT2D eigenvalue weighted by Gasteiger charge is -2.26. The van der Waals surface area contributed by atoms with E-state index in [0.717, 1.165) is 12.5 Å². The molecule has 14 heavy (non-hydrogen) atoms. The summed E-state index contributed by atoms with van der Waals surface area (Å²) in [5, 5.41) is 9.77. The minimum atomic E-state index is -1.39. The van der Waals surface area contributed by atoms with E-state index in [1.165, 1.54) is 26.9 Å². The number of hydrogen-bond donors (Lipinski definition) is 1. The molecule has 0 bridgehead atoms. The van der Waals surface area contributed by atoms with Gasteiger partial charge in [-0.05, 0) is 32.7 Å². The summed E-state index contributed by atoms with van der Waals surface area (Å²) in [6.45, 7) is 2.77. The molecule has 0 aromatic heterocycles. The fourth-order valence-corrected chi connectivity index (χ4v) is 1.62. The maximum absolute atomic E-state index is 11.2. The van der Waals surface area contributed by atoms with Crippen LogP contribution in [-0.2, 0) is 9.53 Å². The first-order valence-electron chi connectivity index (χ1n) is 4.95. The molecule has 0 saturated heterocycles. The van der Waals surface area contributed by atoms with Crippen LogP contribution in [0.2, 0.25) is 0 Å². The third-order valence-corrected chi connectivity index (χ3v) is 2.47. The summed E-state index contributed by atoms with van der Waals surface area (Å²) in [4.78, 5) is 13.2. The van der Waals surface area contributed by atoms with Gasteiger partial charge in [0.15, 0.2) is 5.60 Å². The lowest BCUT2D eigenvalue weighted by molar-refractivity contribution is -0.162. The summed E-state index contributed by atoms with van der Waals surface area (Å²) in [6.07, 6.45) is 2.54. The van der Waals surface area contributed by atoms with E-state index in [2.05, 4.69) is 4.74 Å². The zero-order chi connectivity index (χ0) is 10.8. The Morgan fingerprint density at radius 3 is 2.64 bits per heavy atom. The average molecular weight is 201 g/mol. The Kier molecular flexibility index (Phi) is 3.50. The zero-order valence-electron chi connectivity index (χ0n) is 9.12. The van der Waals surface area contributed by atoms with E-state index >= 15 is 0 Å². The van der Waals surface area contributed by atoms with E-state index in [1.54, 1.807) is 0 Å². The van der Waals surface area contributed by atoms with Crippen LogP contribution in [0, 0.1) is 5.92 Å². The zero-order valence-corrected chi connectivity index (χ0v) is 9.12. The lowest BCUT2D eigenvalue weighted by Crippen LogP contribution is -2.46. The van der Waals surface area contributed by atoms with E-state index in [1.807, 2.05) is 11.9 Å². The molecular formula is C10H19NO3. The van der Waals surface area contributed by atoms with Crippen molar-refractivity contribution in [3.8, 4) is 0 Å². The van der Waals surface area contributed by atoms with E-state index in [0.29, 0.717) is 6.54 Å². The number of esters is 1. The van der Waals surface area contributed by atoms with E-state index in [9.17, 15) is 9.90 Å². The number of nitrogens with zero attached hydrogens (tertiary/aromatic N) is 1. The van der Waals surface area contributed by atoms with Crippen molar-refractivity contribution in [2.75, 3.05) is 27.2 Å². The first-order valence-corrected chi connectivity index (χ1v) is 4.95. The minimum Gasteiger partial charge on any atom is -0.467 e. The molecule has 1 saturated carbocycles. The first-order chi connectivity index (χ1) is 6.45. The maximum Gasteiger partial charge on any atom is 0.338 e. The smallest absolute Gasteiger partial charge is 0.338 e. The maximum atomic E-state index is 11.2. The summed E-state index contributed by atoms with van der Waals surface area (Å²) in [6, 6.07) is 0. The van der Waals surface area contributed by atoms with Gasteiger partial charge < -0.3 is 14.7 Å². The van der Waals surface area contributed by atoms with Gasteiger partial charge in [-0.1, -0.05) is 0 Å². The summed E-state index contributed by atoms with van der Waals surface area (Å²) in [5.41, 5.74) is -1.39. The molecule has 0 aromatic rings. The SMILES string of the molecule is COC(=O)C(C)(O)CN(C)CC1CC1. The monoisotopic (exact) mass is 201 g/mol. The minimum absolute atomic E-state index is 0.330. The Morgan fingerprint density at radius 1 is 1.64 bits per heavy atom. The highest BCUT2D eigenvalue weighted by atomic mass is 16.5. The highest BCUT2D eigenvalue weighted by Gasteiger charge is 2.34. The van der Waals surface area contributed by atoms with Crippen molar-refractivity contribution < 1.29 is 14.6 Å². The number of methoxy groups -OCH3 is 1. The van der Waals surface area contributed by atoms with Crippen molar-refractivity contribution in [1.29, 1.82) is 0 Å². The van der Waals surface area contributed by atoms with Gasteiger partial charge >= 0.3 is 5.97 Å². The Balaban J connectivity index is 2.35. The fraction of sp³-hybridized carbons (Fsp3) is 0.900. The second-order valence-corrected chi connectivity index (χ2v) is 4.41. The lowest BCUT2D eigenvalue weighted by atomic mass is 10.1. The van der Waals surface area contributed by atoms with Gasteiger partial charge in [-0.2, -0.15) is 0 Å². The predicted molar refractivity (Wildman–Crippen MR) is 52.9 cm³/mol. The fourth-order valence-electron chi connectivity index (χ4n) is 1.62. The molecule has 1 atom stereocenters. The van der Waals surface area contributed by atoms with Crippen molar-refractivity contribution in [3.63, 3.8) is 0 Å². The Bertz CT molecular complexity index is 211. The highest BCUT2D eigenvalue weighted by molar-refractivity contribution is 5.78. The molecule has 4 heteroatoms. The van der Waals surface area contributed by atoms with Gasteiger partial charge in [0.2, 0.25) is 0 Å². The average Bonchev–Trinajstić information content (AvgIpc) is 2.85. The third-order valence-electron chi connectivity index (χ3n) is 2.47. The van der Waals surface area contributed by atoms with Crippen LogP contribution in [0.4, 0.5) is 0 Å². The van der Waals surface area contributed by atoms with Crippen LogP contribution in [0.5, 0.6) is 0 Å². The molecule has 0 radical (unpaired) electrons. The van der Waals surface area contributed by atoms with Gasteiger partial charge in [0.1, 0.15) is 0 Å². The van der Waals surface area contributed by atoms with Gasteiger partial charge in [-0.3, -0.25) is 0 Å². The summed E-state index contributed by atoms with van der Waals surface area (Å²) >= 11 is 0. The molecule has 0 heterocycles. The van der Waals surface area contributed by atoms with E-state index in [-0.39, 0.29) is 0 Å². The molecule has 1 aliphatic rings. The van der Waals surface area contributed by atoms with Gasteiger partial charge in [-0.25, -0.2) is 4.79 Å². The van der Waals surface area contributed by atoms with Crippen LogP contribution >= 0.6 is 0 Å². The van der Waals surface area contributed by atoms with E-state index < -0.39 is 11.6 Å². The normalized spacial score (nSPS) is 20.6. The molecule has 1 unspecified atom stereocenters. The molecule has 0 aliphatic heterocycles. The molecule has 0 spiro atoms.